The van der Waals surface area contributed by atoms with Crippen LogP contribution in [0.3, 0.4) is 0 Å². The fourth-order valence-corrected chi connectivity index (χ4v) is 4.23. The van der Waals surface area contributed by atoms with E-state index in [1.165, 1.54) is 11.0 Å². The molecule has 0 radical (unpaired) electrons. The Kier molecular flexibility index (Phi) is 8.50. The molecule has 1 aliphatic heterocycles. The van der Waals surface area contributed by atoms with Crippen LogP contribution in [0.5, 0.6) is 5.75 Å². The number of urea groups is 1. The highest BCUT2D eigenvalue weighted by Gasteiger charge is 2.36. The fourth-order valence-electron chi connectivity index (χ4n) is 4.23. The summed E-state index contributed by atoms with van der Waals surface area (Å²) in [6.45, 7) is 4.41. The van der Waals surface area contributed by atoms with E-state index in [0.29, 0.717) is 37.5 Å². The smallest absolute Gasteiger partial charge is 0.416 e. The van der Waals surface area contributed by atoms with Gasteiger partial charge in [-0.1, -0.05) is 24.3 Å². The molecule has 2 aromatic carbocycles. The predicted molar refractivity (Wildman–Crippen MR) is 127 cm³/mol. The van der Waals surface area contributed by atoms with E-state index in [2.05, 4.69) is 0 Å². The molecule has 0 spiro atoms. The number of hydrogen-bond acceptors (Lipinski definition) is 4. The number of nitrogens with zero attached hydrogens (tertiary/aromatic N) is 2. The second-order valence-corrected chi connectivity index (χ2v) is 9.05. The Morgan fingerprint density at radius 3 is 2.44 bits per heavy atom. The minimum absolute atomic E-state index is 0.100. The summed E-state index contributed by atoms with van der Waals surface area (Å²) in [5, 5.41) is 9.46. The Bertz CT molecular complexity index is 1060. The van der Waals surface area contributed by atoms with Crippen molar-refractivity contribution in [2.45, 2.75) is 51.1 Å². The van der Waals surface area contributed by atoms with Crippen molar-refractivity contribution >= 4 is 12.0 Å². The van der Waals surface area contributed by atoms with Gasteiger partial charge in [0.2, 0.25) is 0 Å². The largest absolute Gasteiger partial charge is 0.494 e. The lowest BCUT2D eigenvalue weighted by atomic mass is 9.96. The van der Waals surface area contributed by atoms with Crippen molar-refractivity contribution in [1.29, 1.82) is 0 Å². The van der Waals surface area contributed by atoms with E-state index in [0.717, 1.165) is 17.7 Å². The minimum Gasteiger partial charge on any atom is -0.494 e. The van der Waals surface area contributed by atoms with Gasteiger partial charge in [0.25, 0.3) is 0 Å². The number of carbonyl (C=O) groups excluding carboxylic acids is 1. The van der Waals surface area contributed by atoms with E-state index in [1.54, 1.807) is 56.1 Å². The topological polar surface area (TPSA) is 79.3 Å². The Morgan fingerprint density at radius 1 is 1.14 bits per heavy atom. The van der Waals surface area contributed by atoms with Gasteiger partial charge in [-0.3, -0.25) is 0 Å². The Labute approximate surface area is 208 Å². The number of rotatable bonds is 11. The van der Waals surface area contributed by atoms with Crippen molar-refractivity contribution < 1.29 is 37.3 Å². The number of hydrogen-bond donors (Lipinski definition) is 1. The second kappa shape index (κ2) is 11.2. The van der Waals surface area contributed by atoms with Gasteiger partial charge in [0.05, 0.1) is 18.2 Å². The number of alkyl halides is 3. The third kappa shape index (κ3) is 6.69. The maximum atomic E-state index is 13.0. The summed E-state index contributed by atoms with van der Waals surface area (Å²) in [5.74, 6) is -0.415. The average Bonchev–Trinajstić information content (AvgIpc) is 3.08. The van der Waals surface area contributed by atoms with Crippen LogP contribution in [0, 0.1) is 0 Å². The van der Waals surface area contributed by atoms with Gasteiger partial charge in [0.15, 0.2) is 5.60 Å². The average molecular weight is 509 g/mol. The van der Waals surface area contributed by atoms with Gasteiger partial charge in [0.1, 0.15) is 5.75 Å². The van der Waals surface area contributed by atoms with Crippen LogP contribution < -0.4 is 4.74 Å². The molecule has 196 valence electrons. The number of carboxylic acid groups (broad SMARTS) is 1. The molecule has 0 bridgehead atoms. The van der Waals surface area contributed by atoms with E-state index in [1.807, 2.05) is 0 Å². The maximum Gasteiger partial charge on any atom is 0.416 e. The highest BCUT2D eigenvalue weighted by Crippen LogP contribution is 2.30. The molecule has 7 nitrogen and oxygen atoms in total. The normalized spacial score (nSPS) is 17.8. The number of aliphatic carboxylic acids is 1. The standard InChI is InChI=1S/C26H31F3N2O5/c1-4-36-25(2,23(32)33)15-18-8-10-22(11-9-18)35-13-12-21-17-31(24(34)30(21)3)16-19-6-5-7-20(14-19)26(27,28)29/h5-11,14,21H,4,12-13,15-17H2,1-3H3,(H,32,33). The zero-order chi connectivity index (χ0) is 26.5. The minimum atomic E-state index is -4.43. The summed E-state index contributed by atoms with van der Waals surface area (Å²) in [7, 11) is 1.67. The van der Waals surface area contributed by atoms with E-state index in [9.17, 15) is 27.9 Å². The molecule has 1 heterocycles. The molecule has 10 heteroatoms. The third-order valence-electron chi connectivity index (χ3n) is 6.28. The molecule has 2 aromatic rings. The Morgan fingerprint density at radius 2 is 1.83 bits per heavy atom. The molecule has 3 rings (SSSR count). The van der Waals surface area contributed by atoms with Crippen LogP contribution in [0.2, 0.25) is 0 Å². The predicted octanol–water partition coefficient (Wildman–Crippen LogP) is 4.83. The Balaban J connectivity index is 1.52. The number of likely N-dealkylation sites (N-methyl/N-ethyl adjacent to an activating group) is 1. The molecule has 2 amide bonds. The van der Waals surface area contributed by atoms with Crippen LogP contribution in [-0.2, 0) is 28.7 Å². The lowest BCUT2D eigenvalue weighted by Gasteiger charge is -2.24. The van der Waals surface area contributed by atoms with Crippen LogP contribution in [-0.4, -0.2) is 65.4 Å². The highest BCUT2D eigenvalue weighted by atomic mass is 19.4. The Hall–Kier alpha value is -3.27. The SMILES string of the molecule is CCOC(C)(Cc1ccc(OCCC2CN(Cc3cccc(C(F)(F)F)c3)C(=O)N2C)cc1)C(=O)O. The van der Waals surface area contributed by atoms with Crippen molar-refractivity contribution in [3.05, 3.63) is 65.2 Å². The number of benzene rings is 2. The summed E-state index contributed by atoms with van der Waals surface area (Å²) < 4.78 is 50.2. The van der Waals surface area contributed by atoms with Crippen LogP contribution in [0.1, 0.15) is 37.0 Å². The number of carboxylic acids is 1. The van der Waals surface area contributed by atoms with Gasteiger partial charge in [-0.2, -0.15) is 13.2 Å². The van der Waals surface area contributed by atoms with Crippen LogP contribution >= 0.6 is 0 Å². The fraction of sp³-hybridized carbons (Fsp3) is 0.462. The first-order chi connectivity index (χ1) is 16.9. The zero-order valence-electron chi connectivity index (χ0n) is 20.5. The van der Waals surface area contributed by atoms with Crippen LogP contribution in [0.4, 0.5) is 18.0 Å². The molecule has 2 unspecified atom stereocenters. The first-order valence-electron chi connectivity index (χ1n) is 11.7. The van der Waals surface area contributed by atoms with E-state index in [4.69, 9.17) is 9.47 Å². The lowest BCUT2D eigenvalue weighted by molar-refractivity contribution is -0.162. The lowest BCUT2D eigenvalue weighted by Crippen LogP contribution is -2.40. The molecule has 2 atom stereocenters. The van der Waals surface area contributed by atoms with Gasteiger partial charge in [-0.25, -0.2) is 9.59 Å². The van der Waals surface area contributed by atoms with Gasteiger partial charge >= 0.3 is 18.2 Å². The van der Waals surface area contributed by atoms with Crippen LogP contribution in [0.15, 0.2) is 48.5 Å². The summed E-state index contributed by atoms with van der Waals surface area (Å²) >= 11 is 0. The highest BCUT2D eigenvalue weighted by molar-refractivity contribution is 5.77. The molecule has 1 fully saturated rings. The molecule has 1 aliphatic rings. The number of carbonyl (C=O) groups is 2. The van der Waals surface area contributed by atoms with Gasteiger partial charge < -0.3 is 24.4 Å². The summed E-state index contributed by atoms with van der Waals surface area (Å²) in [4.78, 5) is 27.3. The number of halogens is 3. The maximum absolute atomic E-state index is 13.0. The van der Waals surface area contributed by atoms with Crippen LogP contribution in [0.25, 0.3) is 0 Å². The molecular formula is C26H31F3N2O5. The van der Waals surface area contributed by atoms with E-state index >= 15 is 0 Å². The van der Waals surface area contributed by atoms with Crippen molar-refractivity contribution in [2.75, 3.05) is 26.8 Å². The molecule has 1 saturated heterocycles. The molecule has 36 heavy (non-hydrogen) atoms. The molecule has 0 aromatic heterocycles. The van der Waals surface area contributed by atoms with Gasteiger partial charge in [-0.15, -0.1) is 0 Å². The monoisotopic (exact) mass is 508 g/mol. The zero-order valence-corrected chi connectivity index (χ0v) is 20.5. The van der Waals surface area contributed by atoms with E-state index < -0.39 is 23.3 Å². The third-order valence-corrected chi connectivity index (χ3v) is 6.28. The molecule has 1 N–H and O–H groups in total. The number of ether oxygens (including phenoxy) is 2. The molecular weight excluding hydrogens is 477 g/mol. The van der Waals surface area contributed by atoms with Gasteiger partial charge in [-0.05, 0) is 49.2 Å². The number of amides is 2. The quantitative estimate of drug-likeness (QED) is 0.470. The van der Waals surface area contributed by atoms with Crippen molar-refractivity contribution in [2.24, 2.45) is 0 Å². The summed E-state index contributed by atoms with van der Waals surface area (Å²) in [6, 6.07) is 11.7. The first kappa shape index (κ1) is 27.3. The van der Waals surface area contributed by atoms with Crippen molar-refractivity contribution in [1.82, 2.24) is 9.80 Å². The first-order valence-corrected chi connectivity index (χ1v) is 11.7. The molecule has 0 aliphatic carbocycles. The summed E-state index contributed by atoms with van der Waals surface area (Å²) in [6.07, 6.45) is -3.67. The second-order valence-electron chi connectivity index (χ2n) is 9.05. The van der Waals surface area contributed by atoms with Gasteiger partial charge in [0, 0.05) is 39.6 Å². The van der Waals surface area contributed by atoms with E-state index in [-0.39, 0.29) is 25.0 Å². The van der Waals surface area contributed by atoms with Crippen molar-refractivity contribution in [3.8, 4) is 5.75 Å². The summed E-state index contributed by atoms with van der Waals surface area (Å²) in [5.41, 5.74) is -0.822. The molecule has 0 saturated carbocycles. The van der Waals surface area contributed by atoms with Crippen molar-refractivity contribution in [3.63, 3.8) is 0 Å².